The van der Waals surface area contributed by atoms with E-state index in [-0.39, 0.29) is 6.04 Å². The summed E-state index contributed by atoms with van der Waals surface area (Å²) in [6.45, 7) is 10.9. The topological polar surface area (TPSA) is 29.3 Å². The predicted molar refractivity (Wildman–Crippen MR) is 76.5 cm³/mol. The van der Waals surface area contributed by atoms with Gasteiger partial charge in [0.05, 0.1) is 0 Å². The molecule has 0 spiro atoms. The van der Waals surface area contributed by atoms with Crippen molar-refractivity contribution in [3.63, 3.8) is 0 Å². The zero-order valence-corrected chi connectivity index (χ0v) is 11.6. The Hall–Kier alpha value is -1.02. The number of benzene rings is 1. The molecule has 1 aromatic carbocycles. The molecule has 2 heteroatoms. The van der Waals surface area contributed by atoms with E-state index >= 15 is 0 Å². The van der Waals surface area contributed by atoms with Crippen LogP contribution in [0.1, 0.15) is 33.3 Å². The first-order valence-corrected chi connectivity index (χ1v) is 6.62. The first kappa shape index (κ1) is 14.0. The van der Waals surface area contributed by atoms with Crippen molar-refractivity contribution in [3.8, 4) is 0 Å². The van der Waals surface area contributed by atoms with Gasteiger partial charge in [-0.15, -0.1) is 0 Å². The summed E-state index contributed by atoms with van der Waals surface area (Å²) >= 11 is 0. The Kier molecular flexibility index (Phi) is 5.49. The highest BCUT2D eigenvalue weighted by atomic mass is 15.1. The highest BCUT2D eigenvalue weighted by Gasteiger charge is 2.06. The van der Waals surface area contributed by atoms with Crippen LogP contribution in [0.4, 0.5) is 5.69 Å². The van der Waals surface area contributed by atoms with Crippen molar-refractivity contribution in [1.29, 1.82) is 0 Å². The molecule has 0 radical (unpaired) electrons. The second-order valence-electron chi connectivity index (χ2n) is 5.28. The van der Waals surface area contributed by atoms with Crippen LogP contribution in [0, 0.1) is 5.92 Å². The molecule has 0 aliphatic rings. The first-order chi connectivity index (χ1) is 8.02. The van der Waals surface area contributed by atoms with Gasteiger partial charge in [-0.2, -0.15) is 0 Å². The third-order valence-corrected chi connectivity index (χ3v) is 2.83. The van der Waals surface area contributed by atoms with Gasteiger partial charge in [0.25, 0.3) is 0 Å². The Balaban J connectivity index is 2.70. The lowest BCUT2D eigenvalue weighted by molar-refractivity contribution is 0.618. The van der Waals surface area contributed by atoms with Gasteiger partial charge in [0.15, 0.2) is 0 Å². The van der Waals surface area contributed by atoms with Gasteiger partial charge < -0.3 is 10.6 Å². The van der Waals surface area contributed by atoms with Crippen molar-refractivity contribution in [2.45, 2.75) is 40.2 Å². The maximum Gasteiger partial charge on any atom is 0.0366 e. The van der Waals surface area contributed by atoms with Gasteiger partial charge in [0, 0.05) is 24.8 Å². The molecule has 96 valence electrons. The Morgan fingerprint density at radius 2 is 1.71 bits per heavy atom. The maximum absolute atomic E-state index is 5.80. The third-order valence-electron chi connectivity index (χ3n) is 2.83. The fourth-order valence-corrected chi connectivity index (χ4v) is 2.07. The molecule has 1 rings (SSSR count). The zero-order valence-electron chi connectivity index (χ0n) is 11.6. The summed E-state index contributed by atoms with van der Waals surface area (Å²) in [5.74, 6) is 0.693. The van der Waals surface area contributed by atoms with Crippen molar-refractivity contribution in [2.24, 2.45) is 11.7 Å². The van der Waals surface area contributed by atoms with Crippen molar-refractivity contribution in [2.75, 3.05) is 18.0 Å². The van der Waals surface area contributed by atoms with E-state index in [4.69, 9.17) is 5.73 Å². The molecule has 0 saturated heterocycles. The molecule has 0 fully saturated rings. The van der Waals surface area contributed by atoms with Crippen molar-refractivity contribution in [1.82, 2.24) is 0 Å². The van der Waals surface area contributed by atoms with E-state index in [1.54, 1.807) is 0 Å². The molecule has 0 bridgehead atoms. The minimum absolute atomic E-state index is 0.235. The van der Waals surface area contributed by atoms with Crippen LogP contribution in [0.15, 0.2) is 24.3 Å². The SMILES string of the molecule is CCN(CC(C)C)c1ccc(CC(C)N)cc1. The quantitative estimate of drug-likeness (QED) is 0.819. The van der Waals surface area contributed by atoms with E-state index in [0.29, 0.717) is 5.92 Å². The highest BCUT2D eigenvalue weighted by molar-refractivity contribution is 5.47. The lowest BCUT2D eigenvalue weighted by Crippen LogP contribution is -2.27. The van der Waals surface area contributed by atoms with Gasteiger partial charge in [-0.1, -0.05) is 26.0 Å². The molecule has 0 heterocycles. The lowest BCUT2D eigenvalue weighted by Gasteiger charge is -2.25. The number of hydrogen-bond acceptors (Lipinski definition) is 2. The van der Waals surface area contributed by atoms with E-state index in [2.05, 4.69) is 49.9 Å². The van der Waals surface area contributed by atoms with Gasteiger partial charge in [-0.05, 0) is 43.9 Å². The van der Waals surface area contributed by atoms with E-state index in [1.807, 2.05) is 6.92 Å². The number of hydrogen-bond donors (Lipinski definition) is 1. The molecule has 2 nitrogen and oxygen atoms in total. The van der Waals surface area contributed by atoms with E-state index in [1.165, 1.54) is 11.3 Å². The van der Waals surface area contributed by atoms with Crippen molar-refractivity contribution >= 4 is 5.69 Å². The molecular formula is C15H26N2. The zero-order chi connectivity index (χ0) is 12.8. The van der Waals surface area contributed by atoms with E-state index in [0.717, 1.165) is 19.5 Å². The fraction of sp³-hybridized carbons (Fsp3) is 0.600. The maximum atomic E-state index is 5.80. The molecule has 1 aromatic rings. The summed E-state index contributed by atoms with van der Waals surface area (Å²) in [6, 6.07) is 9.05. The molecule has 1 atom stereocenters. The van der Waals surface area contributed by atoms with Crippen LogP contribution in [0.5, 0.6) is 0 Å². The van der Waals surface area contributed by atoms with Crippen molar-refractivity contribution < 1.29 is 0 Å². The Bertz CT molecular complexity index is 314. The molecule has 0 aromatic heterocycles. The van der Waals surface area contributed by atoms with Crippen LogP contribution >= 0.6 is 0 Å². The van der Waals surface area contributed by atoms with Gasteiger partial charge in [-0.25, -0.2) is 0 Å². The molecule has 0 aliphatic carbocycles. The molecule has 0 amide bonds. The number of nitrogens with zero attached hydrogens (tertiary/aromatic N) is 1. The van der Waals surface area contributed by atoms with Crippen LogP contribution in [-0.2, 0) is 6.42 Å². The summed E-state index contributed by atoms with van der Waals surface area (Å²) in [5, 5.41) is 0. The van der Waals surface area contributed by atoms with Crippen LogP contribution in [0.2, 0.25) is 0 Å². The Labute approximate surface area is 106 Å². The number of nitrogens with two attached hydrogens (primary N) is 1. The van der Waals surface area contributed by atoms with Crippen molar-refractivity contribution in [3.05, 3.63) is 29.8 Å². The van der Waals surface area contributed by atoms with Gasteiger partial charge in [0.1, 0.15) is 0 Å². The van der Waals surface area contributed by atoms with Gasteiger partial charge in [0.2, 0.25) is 0 Å². The summed E-state index contributed by atoms with van der Waals surface area (Å²) < 4.78 is 0. The predicted octanol–water partition coefficient (Wildman–Crippen LogP) is 3.06. The second-order valence-corrected chi connectivity index (χ2v) is 5.28. The van der Waals surface area contributed by atoms with Gasteiger partial charge in [-0.3, -0.25) is 0 Å². The van der Waals surface area contributed by atoms with Gasteiger partial charge >= 0.3 is 0 Å². The monoisotopic (exact) mass is 234 g/mol. The molecule has 2 N–H and O–H groups in total. The van der Waals surface area contributed by atoms with E-state index < -0.39 is 0 Å². The Morgan fingerprint density at radius 1 is 1.12 bits per heavy atom. The third kappa shape index (κ3) is 4.78. The standard InChI is InChI=1S/C15H26N2/c1-5-17(11-12(2)3)15-8-6-14(7-9-15)10-13(4)16/h6-9,12-13H,5,10-11,16H2,1-4H3. The average molecular weight is 234 g/mol. The summed E-state index contributed by atoms with van der Waals surface area (Å²) in [4.78, 5) is 2.42. The van der Waals surface area contributed by atoms with Crippen LogP contribution in [0.25, 0.3) is 0 Å². The first-order valence-electron chi connectivity index (χ1n) is 6.62. The van der Waals surface area contributed by atoms with Crippen LogP contribution in [0.3, 0.4) is 0 Å². The fourth-order valence-electron chi connectivity index (χ4n) is 2.07. The smallest absolute Gasteiger partial charge is 0.0366 e. The average Bonchev–Trinajstić information content (AvgIpc) is 2.26. The molecule has 0 aliphatic heterocycles. The second kappa shape index (κ2) is 6.65. The minimum Gasteiger partial charge on any atom is -0.372 e. The molecular weight excluding hydrogens is 208 g/mol. The summed E-state index contributed by atoms with van der Waals surface area (Å²) in [6.07, 6.45) is 0.955. The number of rotatable bonds is 6. The highest BCUT2D eigenvalue weighted by Crippen LogP contribution is 2.17. The largest absolute Gasteiger partial charge is 0.372 e. The molecule has 17 heavy (non-hydrogen) atoms. The van der Waals surface area contributed by atoms with E-state index in [9.17, 15) is 0 Å². The minimum atomic E-state index is 0.235. The number of anilines is 1. The van der Waals surface area contributed by atoms with Crippen LogP contribution in [-0.4, -0.2) is 19.1 Å². The Morgan fingerprint density at radius 3 is 2.12 bits per heavy atom. The van der Waals surface area contributed by atoms with Crippen LogP contribution < -0.4 is 10.6 Å². The molecule has 0 saturated carbocycles. The lowest BCUT2D eigenvalue weighted by atomic mass is 10.1. The molecule has 1 unspecified atom stereocenters. The summed E-state index contributed by atoms with van der Waals surface area (Å²) in [7, 11) is 0. The normalized spacial score (nSPS) is 12.8. The summed E-state index contributed by atoms with van der Waals surface area (Å²) in [5.41, 5.74) is 8.44.